The van der Waals surface area contributed by atoms with Crippen molar-refractivity contribution in [2.45, 2.75) is 13.0 Å². The SMILES string of the molecule is CC1CNCCN1c1nnc(-c2ccc(C(=O)N(C)C)c(F)c2)s1. The Kier molecular flexibility index (Phi) is 4.77. The number of hydrogen-bond acceptors (Lipinski definition) is 6. The molecule has 8 heteroatoms. The van der Waals surface area contributed by atoms with E-state index < -0.39 is 5.82 Å². The molecule has 0 radical (unpaired) electrons. The van der Waals surface area contributed by atoms with Crippen molar-refractivity contribution in [3.63, 3.8) is 0 Å². The predicted octanol–water partition coefficient (Wildman–Crippen LogP) is 1.84. The Hall–Kier alpha value is -2.06. The topological polar surface area (TPSA) is 61.4 Å². The van der Waals surface area contributed by atoms with E-state index in [1.807, 2.05) is 0 Å². The standard InChI is InChI=1S/C16H20FN5OS/c1-10-9-18-6-7-22(10)16-20-19-14(24-16)11-4-5-12(13(17)8-11)15(23)21(2)3/h4-5,8,10,18H,6-7,9H2,1-3H3. The van der Waals surface area contributed by atoms with Gasteiger partial charge in [0.1, 0.15) is 10.8 Å². The van der Waals surface area contributed by atoms with Gasteiger partial charge in [0, 0.05) is 45.3 Å². The molecule has 1 unspecified atom stereocenters. The number of carbonyl (C=O) groups is 1. The van der Waals surface area contributed by atoms with Gasteiger partial charge >= 0.3 is 0 Å². The molecule has 1 amide bonds. The third kappa shape index (κ3) is 3.25. The molecule has 3 rings (SSSR count). The lowest BCUT2D eigenvalue weighted by molar-refractivity contribution is 0.0823. The highest BCUT2D eigenvalue weighted by Crippen LogP contribution is 2.31. The summed E-state index contributed by atoms with van der Waals surface area (Å²) >= 11 is 1.44. The molecule has 1 aliphatic heterocycles. The van der Waals surface area contributed by atoms with Gasteiger partial charge < -0.3 is 15.1 Å². The lowest BCUT2D eigenvalue weighted by atomic mass is 10.1. The van der Waals surface area contributed by atoms with Crippen molar-refractivity contribution in [3.05, 3.63) is 29.6 Å². The van der Waals surface area contributed by atoms with Gasteiger partial charge in [-0.25, -0.2) is 4.39 Å². The molecule has 1 saturated heterocycles. The molecule has 6 nitrogen and oxygen atoms in total. The van der Waals surface area contributed by atoms with Gasteiger partial charge in [-0.15, -0.1) is 10.2 Å². The number of anilines is 1. The highest BCUT2D eigenvalue weighted by atomic mass is 32.1. The van der Waals surface area contributed by atoms with Crippen molar-refractivity contribution in [3.8, 4) is 10.6 Å². The largest absolute Gasteiger partial charge is 0.345 e. The summed E-state index contributed by atoms with van der Waals surface area (Å²) in [6.07, 6.45) is 0. The van der Waals surface area contributed by atoms with E-state index in [4.69, 9.17) is 0 Å². The Morgan fingerprint density at radius 3 is 2.88 bits per heavy atom. The van der Waals surface area contributed by atoms with Crippen molar-refractivity contribution >= 4 is 22.4 Å². The van der Waals surface area contributed by atoms with E-state index in [0.29, 0.717) is 16.6 Å². The van der Waals surface area contributed by atoms with E-state index in [9.17, 15) is 9.18 Å². The van der Waals surface area contributed by atoms with Crippen LogP contribution in [0.1, 0.15) is 17.3 Å². The molecule has 1 aliphatic rings. The van der Waals surface area contributed by atoms with Crippen molar-refractivity contribution < 1.29 is 9.18 Å². The summed E-state index contributed by atoms with van der Waals surface area (Å²) in [5.41, 5.74) is 0.693. The zero-order valence-corrected chi connectivity index (χ0v) is 14.7. The van der Waals surface area contributed by atoms with Gasteiger partial charge in [-0.1, -0.05) is 17.4 Å². The van der Waals surface area contributed by atoms with Crippen LogP contribution in [0.5, 0.6) is 0 Å². The van der Waals surface area contributed by atoms with Crippen molar-refractivity contribution in [1.29, 1.82) is 0 Å². The molecular formula is C16H20FN5OS. The molecule has 2 heterocycles. The lowest BCUT2D eigenvalue weighted by Crippen LogP contribution is -2.49. The predicted molar refractivity (Wildman–Crippen MR) is 93.0 cm³/mol. The fraction of sp³-hybridized carbons (Fsp3) is 0.438. The molecule has 1 aromatic carbocycles. The smallest absolute Gasteiger partial charge is 0.256 e. The number of carbonyl (C=O) groups excluding carboxylic acids is 1. The van der Waals surface area contributed by atoms with Crippen LogP contribution in [-0.2, 0) is 0 Å². The average Bonchev–Trinajstić information content (AvgIpc) is 3.04. The first-order chi connectivity index (χ1) is 11.5. The highest BCUT2D eigenvalue weighted by molar-refractivity contribution is 7.18. The summed E-state index contributed by atoms with van der Waals surface area (Å²) in [6.45, 7) is 4.83. The van der Waals surface area contributed by atoms with Crippen LogP contribution in [0, 0.1) is 5.82 Å². The van der Waals surface area contributed by atoms with Crippen LogP contribution >= 0.6 is 11.3 Å². The van der Waals surface area contributed by atoms with Gasteiger partial charge in [0.25, 0.3) is 5.91 Å². The van der Waals surface area contributed by atoms with Gasteiger partial charge in [0.05, 0.1) is 5.56 Å². The summed E-state index contributed by atoms with van der Waals surface area (Å²) in [6, 6.07) is 4.91. The lowest BCUT2D eigenvalue weighted by Gasteiger charge is -2.33. The van der Waals surface area contributed by atoms with E-state index >= 15 is 0 Å². The monoisotopic (exact) mass is 349 g/mol. The molecule has 24 heavy (non-hydrogen) atoms. The van der Waals surface area contributed by atoms with E-state index in [1.165, 1.54) is 28.4 Å². The maximum atomic E-state index is 14.3. The Balaban J connectivity index is 1.85. The fourth-order valence-electron chi connectivity index (χ4n) is 2.64. The minimum Gasteiger partial charge on any atom is -0.345 e. The summed E-state index contributed by atoms with van der Waals surface area (Å²) in [7, 11) is 3.20. The number of nitrogens with one attached hydrogen (secondary N) is 1. The Morgan fingerprint density at radius 1 is 1.42 bits per heavy atom. The molecule has 1 atom stereocenters. The minimum atomic E-state index is -0.543. The van der Waals surface area contributed by atoms with E-state index in [2.05, 4.69) is 27.3 Å². The first-order valence-corrected chi connectivity index (χ1v) is 8.61. The van der Waals surface area contributed by atoms with Crippen LogP contribution in [-0.4, -0.2) is 60.8 Å². The number of nitrogens with zero attached hydrogens (tertiary/aromatic N) is 4. The van der Waals surface area contributed by atoms with Gasteiger partial charge in [-0.2, -0.15) is 0 Å². The maximum absolute atomic E-state index is 14.3. The fourth-order valence-corrected chi connectivity index (χ4v) is 3.61. The molecule has 0 bridgehead atoms. The summed E-state index contributed by atoms with van der Waals surface area (Å²) < 4.78 is 14.3. The normalized spacial score (nSPS) is 17.8. The van der Waals surface area contributed by atoms with E-state index in [0.717, 1.165) is 24.8 Å². The van der Waals surface area contributed by atoms with Crippen LogP contribution in [0.3, 0.4) is 0 Å². The Morgan fingerprint density at radius 2 is 2.21 bits per heavy atom. The third-order valence-corrected chi connectivity index (χ3v) is 5.02. The average molecular weight is 349 g/mol. The maximum Gasteiger partial charge on any atom is 0.256 e. The molecule has 1 aromatic heterocycles. The molecule has 2 aromatic rings. The molecule has 1 fully saturated rings. The number of benzene rings is 1. The Bertz CT molecular complexity index is 748. The van der Waals surface area contributed by atoms with Gasteiger partial charge in [0.2, 0.25) is 5.13 Å². The van der Waals surface area contributed by atoms with E-state index in [1.54, 1.807) is 20.2 Å². The van der Waals surface area contributed by atoms with Crippen LogP contribution in [0.15, 0.2) is 18.2 Å². The zero-order chi connectivity index (χ0) is 17.3. The Labute approximate surface area is 144 Å². The van der Waals surface area contributed by atoms with Gasteiger partial charge in [0.15, 0.2) is 0 Å². The molecule has 0 saturated carbocycles. The van der Waals surface area contributed by atoms with Crippen LogP contribution in [0.2, 0.25) is 0 Å². The zero-order valence-electron chi connectivity index (χ0n) is 13.9. The summed E-state index contributed by atoms with van der Waals surface area (Å²) in [5.74, 6) is -0.898. The molecular weight excluding hydrogens is 329 g/mol. The molecule has 0 spiro atoms. The summed E-state index contributed by atoms with van der Waals surface area (Å²) in [4.78, 5) is 15.5. The number of halogens is 1. The van der Waals surface area contributed by atoms with Crippen molar-refractivity contribution in [2.24, 2.45) is 0 Å². The first-order valence-electron chi connectivity index (χ1n) is 7.80. The first kappa shape index (κ1) is 16.8. The molecule has 1 N–H and O–H groups in total. The highest BCUT2D eigenvalue weighted by Gasteiger charge is 2.22. The van der Waals surface area contributed by atoms with Crippen LogP contribution < -0.4 is 10.2 Å². The molecule has 0 aliphatic carbocycles. The number of hydrogen-bond donors (Lipinski definition) is 1. The third-order valence-electron chi connectivity index (χ3n) is 4.01. The second-order valence-electron chi connectivity index (χ2n) is 6.03. The molecule has 128 valence electrons. The van der Waals surface area contributed by atoms with Crippen molar-refractivity contribution in [1.82, 2.24) is 20.4 Å². The van der Waals surface area contributed by atoms with E-state index in [-0.39, 0.29) is 11.5 Å². The second-order valence-corrected chi connectivity index (χ2v) is 6.99. The quantitative estimate of drug-likeness (QED) is 0.916. The summed E-state index contributed by atoms with van der Waals surface area (Å²) in [5, 5.41) is 13.3. The minimum absolute atomic E-state index is 0.0595. The number of piperazine rings is 1. The van der Waals surface area contributed by atoms with Gasteiger partial charge in [-0.05, 0) is 19.1 Å². The number of aromatic nitrogens is 2. The van der Waals surface area contributed by atoms with Gasteiger partial charge in [-0.3, -0.25) is 4.79 Å². The number of amides is 1. The van der Waals surface area contributed by atoms with Crippen LogP contribution in [0.4, 0.5) is 9.52 Å². The second kappa shape index (κ2) is 6.82. The number of rotatable bonds is 3. The van der Waals surface area contributed by atoms with Crippen molar-refractivity contribution in [2.75, 3.05) is 38.6 Å². The van der Waals surface area contributed by atoms with Crippen LogP contribution in [0.25, 0.3) is 10.6 Å².